The zero-order valence-corrected chi connectivity index (χ0v) is 16.5. The van der Waals surface area contributed by atoms with Gasteiger partial charge in [0.2, 0.25) is 6.29 Å². The van der Waals surface area contributed by atoms with E-state index in [-0.39, 0.29) is 33.2 Å². The first-order valence-electron chi connectivity index (χ1n) is 9.23. The van der Waals surface area contributed by atoms with E-state index in [1.54, 1.807) is 0 Å². The van der Waals surface area contributed by atoms with Crippen LogP contribution >= 0.6 is 0 Å². The summed E-state index contributed by atoms with van der Waals surface area (Å²) in [5.41, 5.74) is -0.540. The minimum Gasteiger partial charge on any atom is -0.507 e. The normalized spacial score (nSPS) is 26.1. The van der Waals surface area contributed by atoms with Crippen molar-refractivity contribution in [2.24, 2.45) is 0 Å². The minimum absolute atomic E-state index is 0.0267. The first kappa shape index (κ1) is 22.7. The van der Waals surface area contributed by atoms with Gasteiger partial charge in [0, 0.05) is 10.9 Å². The smallest absolute Gasteiger partial charge is 0.335 e. The van der Waals surface area contributed by atoms with Crippen molar-refractivity contribution in [3.8, 4) is 17.2 Å². The Balaban J connectivity index is 2.23. The van der Waals surface area contributed by atoms with E-state index >= 15 is 0 Å². The fourth-order valence-corrected chi connectivity index (χ4v) is 3.61. The molecule has 2 aromatic carbocycles. The molecule has 5 unspecified atom stereocenters. The van der Waals surface area contributed by atoms with E-state index in [9.17, 15) is 45.3 Å². The van der Waals surface area contributed by atoms with Crippen LogP contribution in [0.15, 0.2) is 12.1 Å². The summed E-state index contributed by atoms with van der Waals surface area (Å²) in [5.74, 6) is -3.40. The molecule has 1 heterocycles. The average molecular weight is 438 g/mol. The van der Waals surface area contributed by atoms with Crippen molar-refractivity contribution in [2.45, 2.75) is 44.6 Å². The summed E-state index contributed by atoms with van der Waals surface area (Å²) in [4.78, 5) is 23.6. The fourth-order valence-electron chi connectivity index (χ4n) is 3.61. The molecule has 0 radical (unpaired) electrons. The number of hydrogen-bond donors (Lipinski definition) is 7. The molecule has 2 aromatic rings. The number of ether oxygens (including phenoxy) is 2. The molecule has 0 amide bonds. The number of benzene rings is 2. The number of carbonyl (C=O) groups is 2. The molecule has 7 N–H and O–H groups in total. The van der Waals surface area contributed by atoms with Gasteiger partial charge in [0.25, 0.3) is 0 Å². The van der Waals surface area contributed by atoms with Gasteiger partial charge in [0.15, 0.2) is 5.78 Å². The third-order valence-corrected chi connectivity index (χ3v) is 5.25. The van der Waals surface area contributed by atoms with E-state index < -0.39 is 60.6 Å². The van der Waals surface area contributed by atoms with Crippen LogP contribution in [0.5, 0.6) is 17.2 Å². The van der Waals surface area contributed by atoms with Crippen molar-refractivity contribution in [2.75, 3.05) is 6.61 Å². The maximum absolute atomic E-state index is 12.0. The fraction of sp³-hybridized carbons (Fsp3) is 0.400. The summed E-state index contributed by atoms with van der Waals surface area (Å²) < 4.78 is 10.8. The molecule has 11 nitrogen and oxygen atoms in total. The van der Waals surface area contributed by atoms with Crippen LogP contribution in [0.2, 0.25) is 0 Å². The second-order valence-corrected chi connectivity index (χ2v) is 7.27. The number of phenols is 2. The number of aromatic carboxylic acids is 1. The van der Waals surface area contributed by atoms with E-state index in [2.05, 4.69) is 0 Å². The van der Waals surface area contributed by atoms with E-state index in [4.69, 9.17) is 9.47 Å². The molecule has 1 aliphatic heterocycles. The Morgan fingerprint density at radius 1 is 1.06 bits per heavy atom. The Morgan fingerprint density at radius 3 is 2.26 bits per heavy atom. The molecule has 0 spiro atoms. The Kier molecular flexibility index (Phi) is 6.07. The van der Waals surface area contributed by atoms with Crippen LogP contribution in [-0.4, -0.2) is 84.8 Å². The van der Waals surface area contributed by atoms with Gasteiger partial charge in [-0.25, -0.2) is 4.79 Å². The number of aliphatic hydroxyl groups is 4. The van der Waals surface area contributed by atoms with Crippen molar-refractivity contribution in [3.63, 3.8) is 0 Å². The second-order valence-electron chi connectivity index (χ2n) is 7.27. The summed E-state index contributed by atoms with van der Waals surface area (Å²) >= 11 is 0. The summed E-state index contributed by atoms with van der Waals surface area (Å²) in [6, 6.07) is 2.05. The van der Waals surface area contributed by atoms with Gasteiger partial charge in [-0.15, -0.1) is 0 Å². The van der Waals surface area contributed by atoms with E-state index in [0.29, 0.717) is 0 Å². The molecule has 168 valence electrons. The van der Waals surface area contributed by atoms with Gasteiger partial charge >= 0.3 is 5.97 Å². The standard InChI is InChI=1S/C20H22O11/c1-6-12(7(2)22)16(25)13-9(14(6)23)3-8(19(28)29)4-10(13)30-20-18(27)17(26)15(24)11(5-21)31-20/h3-4,11,15,17-18,20-21,23-27H,5H2,1-2H3,(H,28,29). The predicted octanol–water partition coefficient (Wildman–Crippen LogP) is -0.361. The van der Waals surface area contributed by atoms with Gasteiger partial charge in [-0.05, 0) is 26.0 Å². The first-order valence-corrected chi connectivity index (χ1v) is 9.23. The van der Waals surface area contributed by atoms with Gasteiger partial charge in [0.05, 0.1) is 23.1 Å². The van der Waals surface area contributed by atoms with Crippen molar-refractivity contribution in [1.29, 1.82) is 0 Å². The SMILES string of the molecule is CC(=O)c1c(C)c(O)c2cc(C(=O)O)cc(OC3OC(CO)C(O)C(O)C3O)c2c1O. The minimum atomic E-state index is -1.81. The maximum atomic E-state index is 12.0. The molecule has 1 fully saturated rings. The van der Waals surface area contributed by atoms with Crippen molar-refractivity contribution in [1.82, 2.24) is 0 Å². The van der Waals surface area contributed by atoms with E-state index in [1.165, 1.54) is 6.92 Å². The largest absolute Gasteiger partial charge is 0.507 e. The molecule has 0 saturated carbocycles. The number of carbonyl (C=O) groups excluding carboxylic acids is 1. The molecular weight excluding hydrogens is 416 g/mol. The predicted molar refractivity (Wildman–Crippen MR) is 103 cm³/mol. The summed E-state index contributed by atoms with van der Waals surface area (Å²) in [5, 5.41) is 69.7. The number of aliphatic hydroxyl groups excluding tert-OH is 4. The summed E-state index contributed by atoms with van der Waals surface area (Å²) in [7, 11) is 0. The second kappa shape index (κ2) is 8.29. The molecule has 0 bridgehead atoms. The van der Waals surface area contributed by atoms with Crippen LogP contribution in [0.4, 0.5) is 0 Å². The number of carboxylic acids is 1. The summed E-state index contributed by atoms with van der Waals surface area (Å²) in [6.45, 7) is 1.81. The highest BCUT2D eigenvalue weighted by atomic mass is 16.7. The molecule has 3 rings (SSSR count). The Hall–Kier alpha value is -2.96. The molecule has 11 heteroatoms. The van der Waals surface area contributed by atoms with Crippen LogP contribution in [0.3, 0.4) is 0 Å². The highest BCUT2D eigenvalue weighted by molar-refractivity contribution is 6.11. The van der Waals surface area contributed by atoms with Crippen molar-refractivity contribution >= 4 is 22.5 Å². The zero-order valence-electron chi connectivity index (χ0n) is 16.5. The lowest BCUT2D eigenvalue weighted by atomic mass is 9.94. The van der Waals surface area contributed by atoms with Crippen molar-refractivity contribution < 1.29 is 54.8 Å². The topological polar surface area (TPSA) is 194 Å². The molecule has 0 aliphatic carbocycles. The van der Waals surface area contributed by atoms with Gasteiger partial charge in [-0.2, -0.15) is 0 Å². The van der Waals surface area contributed by atoms with Gasteiger partial charge < -0.3 is 45.2 Å². The average Bonchev–Trinajstić information content (AvgIpc) is 2.71. The van der Waals surface area contributed by atoms with Gasteiger partial charge in [-0.3, -0.25) is 4.79 Å². The third kappa shape index (κ3) is 3.77. The maximum Gasteiger partial charge on any atom is 0.335 e. The number of hydrogen-bond acceptors (Lipinski definition) is 10. The zero-order chi connectivity index (χ0) is 23.2. The number of Topliss-reactive ketones (excluding diaryl/α,β-unsaturated/α-hetero) is 1. The molecule has 31 heavy (non-hydrogen) atoms. The molecule has 1 saturated heterocycles. The lowest BCUT2D eigenvalue weighted by Crippen LogP contribution is -2.60. The number of phenolic OH excluding ortho intramolecular Hbond substituents is 2. The van der Waals surface area contributed by atoms with Crippen LogP contribution in [0, 0.1) is 6.92 Å². The van der Waals surface area contributed by atoms with E-state index in [0.717, 1.165) is 19.1 Å². The van der Waals surface area contributed by atoms with Gasteiger partial charge in [0.1, 0.15) is 41.7 Å². The van der Waals surface area contributed by atoms with Crippen LogP contribution in [0.25, 0.3) is 10.8 Å². The lowest BCUT2D eigenvalue weighted by Gasteiger charge is -2.39. The third-order valence-electron chi connectivity index (χ3n) is 5.25. The first-order chi connectivity index (χ1) is 14.5. The quantitative estimate of drug-likeness (QED) is 0.238. The van der Waals surface area contributed by atoms with Crippen molar-refractivity contribution in [3.05, 3.63) is 28.8 Å². The Bertz CT molecular complexity index is 1050. The van der Waals surface area contributed by atoms with Crippen LogP contribution in [-0.2, 0) is 4.74 Å². The van der Waals surface area contributed by atoms with Crippen LogP contribution < -0.4 is 4.74 Å². The number of carboxylic acid groups (broad SMARTS) is 1. The van der Waals surface area contributed by atoms with Crippen LogP contribution in [0.1, 0.15) is 33.2 Å². The van der Waals surface area contributed by atoms with Gasteiger partial charge in [-0.1, -0.05) is 0 Å². The highest BCUT2D eigenvalue weighted by Crippen LogP contribution is 2.45. The Morgan fingerprint density at radius 2 is 1.71 bits per heavy atom. The Labute approximate surface area is 175 Å². The number of fused-ring (bicyclic) bond motifs is 1. The molecule has 0 aromatic heterocycles. The number of aromatic hydroxyl groups is 2. The monoisotopic (exact) mass is 438 g/mol. The molecule has 5 atom stereocenters. The number of ketones is 1. The van der Waals surface area contributed by atoms with E-state index in [1.807, 2.05) is 0 Å². The number of rotatable bonds is 5. The highest BCUT2D eigenvalue weighted by Gasteiger charge is 2.45. The molecule has 1 aliphatic rings. The summed E-state index contributed by atoms with van der Waals surface area (Å²) in [6.07, 6.45) is -8.20. The lowest BCUT2D eigenvalue weighted by molar-refractivity contribution is -0.277. The molecular formula is C20H22O11.